The molecule has 3 nitrogen and oxygen atoms in total. The second-order valence-electron chi connectivity index (χ2n) is 5.60. The van der Waals surface area contributed by atoms with E-state index in [1.165, 1.54) is 0 Å². The highest BCUT2D eigenvalue weighted by Gasteiger charge is 2.15. The molecule has 2 atom stereocenters. The van der Waals surface area contributed by atoms with Gasteiger partial charge < -0.3 is 4.74 Å². The van der Waals surface area contributed by atoms with Gasteiger partial charge in [0.15, 0.2) is 0 Å². The minimum absolute atomic E-state index is 0.0977. The Labute approximate surface area is 132 Å². The van der Waals surface area contributed by atoms with Crippen LogP contribution in [0.25, 0.3) is 0 Å². The second-order valence-corrected chi connectivity index (χ2v) is 5.60. The quantitative estimate of drug-likeness (QED) is 0.859. The molecule has 0 radical (unpaired) electrons. The van der Waals surface area contributed by atoms with Crippen molar-refractivity contribution in [2.75, 3.05) is 0 Å². The Morgan fingerprint density at radius 3 is 2.27 bits per heavy atom. The van der Waals surface area contributed by atoms with Gasteiger partial charge in [-0.3, -0.25) is 5.32 Å². The van der Waals surface area contributed by atoms with Crippen molar-refractivity contribution in [3.63, 3.8) is 0 Å². The van der Waals surface area contributed by atoms with Gasteiger partial charge in [0.25, 0.3) is 0 Å². The van der Waals surface area contributed by atoms with Crippen molar-refractivity contribution in [2.24, 2.45) is 0 Å². The average Bonchev–Trinajstić information content (AvgIpc) is 2.53. The molecule has 114 valence electrons. The van der Waals surface area contributed by atoms with Crippen LogP contribution in [0.1, 0.15) is 44.0 Å². The molecule has 3 heteroatoms. The summed E-state index contributed by atoms with van der Waals surface area (Å²) < 4.78 is 5.70. The molecule has 0 spiro atoms. The summed E-state index contributed by atoms with van der Waals surface area (Å²) in [5, 5.41) is 12.9. The van der Waals surface area contributed by atoms with Crippen LogP contribution >= 0.6 is 0 Å². The van der Waals surface area contributed by atoms with Crippen molar-refractivity contribution in [1.82, 2.24) is 5.32 Å². The normalized spacial score (nSPS) is 13.4. The summed E-state index contributed by atoms with van der Waals surface area (Å²) >= 11 is 0. The van der Waals surface area contributed by atoms with Crippen molar-refractivity contribution in [2.45, 2.75) is 39.0 Å². The fourth-order valence-electron chi connectivity index (χ4n) is 2.34. The summed E-state index contributed by atoms with van der Waals surface area (Å²) in [6, 6.07) is 19.9. The molecule has 0 aliphatic heterocycles. The molecule has 1 N–H and O–H groups in total. The van der Waals surface area contributed by atoms with E-state index in [4.69, 9.17) is 4.74 Å². The van der Waals surface area contributed by atoms with Crippen LogP contribution in [0.5, 0.6) is 5.75 Å². The summed E-state index contributed by atoms with van der Waals surface area (Å²) in [6.45, 7) is 6.04. The highest BCUT2D eigenvalue weighted by molar-refractivity contribution is 5.33. The van der Waals surface area contributed by atoms with E-state index in [0.717, 1.165) is 16.9 Å². The molecule has 0 fully saturated rings. The number of rotatable bonds is 6. The molecule has 0 heterocycles. The molecule has 0 amide bonds. The van der Waals surface area contributed by atoms with Gasteiger partial charge in [0, 0.05) is 6.04 Å². The van der Waals surface area contributed by atoms with Crippen LogP contribution in [-0.4, -0.2) is 6.10 Å². The minimum Gasteiger partial charge on any atom is -0.491 e. The molecule has 22 heavy (non-hydrogen) atoms. The maximum Gasteiger partial charge on any atom is 0.121 e. The number of benzene rings is 2. The SMILES string of the molecule is CC(C)Oc1cccc(C(C#N)NC(C)c2ccccc2)c1. The zero-order chi connectivity index (χ0) is 15.9. The van der Waals surface area contributed by atoms with Crippen LogP contribution in [-0.2, 0) is 0 Å². The predicted octanol–water partition coefficient (Wildman–Crippen LogP) is 4.39. The summed E-state index contributed by atoms with van der Waals surface area (Å²) in [4.78, 5) is 0. The van der Waals surface area contributed by atoms with Crippen molar-refractivity contribution >= 4 is 0 Å². The molecule has 2 aromatic carbocycles. The van der Waals surface area contributed by atoms with E-state index in [0.29, 0.717) is 0 Å². The molecule has 0 bridgehead atoms. The van der Waals surface area contributed by atoms with Crippen LogP contribution in [0.15, 0.2) is 54.6 Å². The maximum absolute atomic E-state index is 9.49. The third kappa shape index (κ3) is 4.34. The van der Waals surface area contributed by atoms with E-state index in [1.54, 1.807) is 0 Å². The van der Waals surface area contributed by atoms with Crippen LogP contribution in [0.4, 0.5) is 0 Å². The Balaban J connectivity index is 2.13. The Morgan fingerprint density at radius 1 is 0.955 bits per heavy atom. The lowest BCUT2D eigenvalue weighted by Gasteiger charge is -2.19. The topological polar surface area (TPSA) is 45.0 Å². The van der Waals surface area contributed by atoms with Crippen molar-refractivity contribution in [3.05, 3.63) is 65.7 Å². The van der Waals surface area contributed by atoms with Crippen LogP contribution < -0.4 is 10.1 Å². The first-order valence-corrected chi connectivity index (χ1v) is 7.57. The molecule has 0 aromatic heterocycles. The van der Waals surface area contributed by atoms with E-state index < -0.39 is 0 Å². The Hall–Kier alpha value is -2.31. The van der Waals surface area contributed by atoms with Gasteiger partial charge in [-0.25, -0.2) is 0 Å². The Kier molecular flexibility index (Phi) is 5.57. The molecule has 2 rings (SSSR count). The molecular formula is C19H22N2O. The van der Waals surface area contributed by atoms with E-state index in [2.05, 4.69) is 30.4 Å². The van der Waals surface area contributed by atoms with Crippen molar-refractivity contribution in [1.29, 1.82) is 5.26 Å². The van der Waals surface area contributed by atoms with Gasteiger partial charge in [0.05, 0.1) is 12.2 Å². The van der Waals surface area contributed by atoms with Gasteiger partial charge in [-0.05, 0) is 44.0 Å². The largest absolute Gasteiger partial charge is 0.491 e. The van der Waals surface area contributed by atoms with E-state index in [1.807, 2.05) is 56.3 Å². The lowest BCUT2D eigenvalue weighted by molar-refractivity contribution is 0.242. The van der Waals surface area contributed by atoms with Crippen LogP contribution in [0, 0.1) is 11.3 Å². The first-order valence-electron chi connectivity index (χ1n) is 7.57. The molecule has 0 saturated carbocycles. The summed E-state index contributed by atoms with van der Waals surface area (Å²) in [5.41, 5.74) is 2.08. The van der Waals surface area contributed by atoms with Gasteiger partial charge in [0.1, 0.15) is 11.8 Å². The molecular weight excluding hydrogens is 272 g/mol. The van der Waals surface area contributed by atoms with Gasteiger partial charge in [-0.15, -0.1) is 0 Å². The zero-order valence-electron chi connectivity index (χ0n) is 13.3. The average molecular weight is 294 g/mol. The third-order valence-corrected chi connectivity index (χ3v) is 3.41. The van der Waals surface area contributed by atoms with Crippen LogP contribution in [0.2, 0.25) is 0 Å². The lowest BCUT2D eigenvalue weighted by Crippen LogP contribution is -2.23. The van der Waals surface area contributed by atoms with Crippen molar-refractivity contribution in [3.8, 4) is 11.8 Å². The first kappa shape index (κ1) is 16.1. The lowest BCUT2D eigenvalue weighted by atomic mass is 10.0. The summed E-state index contributed by atoms with van der Waals surface area (Å²) in [6.07, 6.45) is 0.118. The van der Waals surface area contributed by atoms with Gasteiger partial charge >= 0.3 is 0 Å². The highest BCUT2D eigenvalue weighted by Crippen LogP contribution is 2.23. The Bertz CT molecular complexity index is 631. The highest BCUT2D eigenvalue weighted by atomic mass is 16.5. The number of ether oxygens (including phenoxy) is 1. The monoisotopic (exact) mass is 294 g/mol. The first-order chi connectivity index (χ1) is 10.6. The van der Waals surface area contributed by atoms with Gasteiger partial charge in [-0.1, -0.05) is 42.5 Å². The summed E-state index contributed by atoms with van der Waals surface area (Å²) in [5.74, 6) is 0.793. The Morgan fingerprint density at radius 2 is 1.64 bits per heavy atom. The fraction of sp³-hybridized carbons (Fsp3) is 0.316. The van der Waals surface area contributed by atoms with E-state index in [9.17, 15) is 5.26 Å². The van der Waals surface area contributed by atoms with Gasteiger partial charge in [-0.2, -0.15) is 5.26 Å². The van der Waals surface area contributed by atoms with E-state index in [-0.39, 0.29) is 18.2 Å². The number of nitrogens with zero attached hydrogens (tertiary/aromatic N) is 1. The number of hydrogen-bond acceptors (Lipinski definition) is 3. The predicted molar refractivity (Wildman–Crippen MR) is 88.6 cm³/mol. The molecule has 2 unspecified atom stereocenters. The molecule has 0 saturated heterocycles. The minimum atomic E-state index is -0.370. The maximum atomic E-state index is 9.49. The fourth-order valence-corrected chi connectivity index (χ4v) is 2.34. The molecule has 0 aliphatic carbocycles. The number of nitrogens with one attached hydrogen (secondary N) is 1. The molecule has 2 aromatic rings. The number of hydrogen-bond donors (Lipinski definition) is 1. The van der Waals surface area contributed by atoms with E-state index >= 15 is 0 Å². The number of nitriles is 1. The second kappa shape index (κ2) is 7.63. The molecule has 0 aliphatic rings. The third-order valence-electron chi connectivity index (χ3n) is 3.41. The van der Waals surface area contributed by atoms with Crippen molar-refractivity contribution < 1.29 is 4.74 Å². The van der Waals surface area contributed by atoms with Crippen LogP contribution in [0.3, 0.4) is 0 Å². The smallest absolute Gasteiger partial charge is 0.121 e. The zero-order valence-corrected chi connectivity index (χ0v) is 13.3. The van der Waals surface area contributed by atoms with Gasteiger partial charge in [0.2, 0.25) is 0 Å². The summed E-state index contributed by atoms with van der Waals surface area (Å²) in [7, 11) is 0. The standard InChI is InChI=1S/C19H22N2O/c1-14(2)22-18-11-7-10-17(12-18)19(13-20)21-15(3)16-8-5-4-6-9-16/h4-12,14-15,19,21H,1-3H3.